The Balaban J connectivity index is 2.69. The number of hydrogen-bond acceptors (Lipinski definition) is 6. The number of ether oxygens (including phenoxy) is 1. The topological polar surface area (TPSA) is 90.9 Å². The highest BCUT2D eigenvalue weighted by atomic mass is 16.5. The van der Waals surface area contributed by atoms with E-state index in [-0.39, 0.29) is 0 Å². The van der Waals surface area contributed by atoms with Gasteiger partial charge in [0.1, 0.15) is 11.4 Å². The Morgan fingerprint density at radius 3 is 2.42 bits per heavy atom. The number of hydrogen-bond donors (Lipinski definition) is 2. The van der Waals surface area contributed by atoms with Gasteiger partial charge in [0.15, 0.2) is 5.82 Å². The predicted molar refractivity (Wildman–Crippen MR) is 72.8 cm³/mol. The van der Waals surface area contributed by atoms with Crippen molar-refractivity contribution in [1.82, 2.24) is 19.7 Å². The van der Waals surface area contributed by atoms with Crippen LogP contribution < -0.4 is 16.0 Å². The average molecular weight is 262 g/mol. The van der Waals surface area contributed by atoms with E-state index < -0.39 is 0 Å². The molecule has 0 unspecified atom stereocenters. The van der Waals surface area contributed by atoms with Crippen LogP contribution in [-0.4, -0.2) is 26.9 Å². The lowest BCUT2D eigenvalue weighted by Crippen LogP contribution is -2.12. The van der Waals surface area contributed by atoms with E-state index in [9.17, 15) is 0 Å². The van der Waals surface area contributed by atoms with Gasteiger partial charge in [-0.15, -0.1) is 0 Å². The highest BCUT2D eigenvalue weighted by Gasteiger charge is 2.20. The zero-order valence-electron chi connectivity index (χ0n) is 11.8. The van der Waals surface area contributed by atoms with E-state index in [1.807, 2.05) is 27.8 Å². The highest BCUT2D eigenvalue weighted by Crippen LogP contribution is 2.31. The summed E-state index contributed by atoms with van der Waals surface area (Å²) in [6, 6.07) is 0. The van der Waals surface area contributed by atoms with Gasteiger partial charge >= 0.3 is 0 Å². The molecule has 0 aliphatic heterocycles. The van der Waals surface area contributed by atoms with E-state index in [0.29, 0.717) is 17.5 Å². The average Bonchev–Trinajstić information content (AvgIpc) is 2.66. The number of rotatable bonds is 3. The zero-order chi connectivity index (χ0) is 14.2. The van der Waals surface area contributed by atoms with Crippen molar-refractivity contribution in [1.29, 1.82) is 0 Å². The predicted octanol–water partition coefficient (Wildman–Crippen LogP) is 1.10. The second kappa shape index (κ2) is 4.85. The Morgan fingerprint density at radius 2 is 1.84 bits per heavy atom. The maximum absolute atomic E-state index is 5.49. The first kappa shape index (κ1) is 13.3. The summed E-state index contributed by atoms with van der Waals surface area (Å²) in [4.78, 5) is 8.92. The summed E-state index contributed by atoms with van der Waals surface area (Å²) < 4.78 is 7.03. The number of methoxy groups -OCH3 is 1. The van der Waals surface area contributed by atoms with Crippen molar-refractivity contribution in [2.24, 2.45) is 12.9 Å². The fraction of sp³-hybridized carbons (Fsp3) is 0.417. The van der Waals surface area contributed by atoms with E-state index >= 15 is 0 Å². The van der Waals surface area contributed by atoms with E-state index in [0.717, 1.165) is 22.5 Å². The molecule has 0 saturated heterocycles. The Morgan fingerprint density at radius 1 is 1.16 bits per heavy atom. The number of nitrogen functional groups attached to an aromatic ring is 1. The van der Waals surface area contributed by atoms with Gasteiger partial charge in [-0.1, -0.05) is 0 Å². The number of anilines is 1. The lowest BCUT2D eigenvalue weighted by atomic mass is 10.2. The Labute approximate surface area is 111 Å². The molecule has 7 heteroatoms. The molecule has 0 atom stereocenters. The minimum Gasteiger partial charge on any atom is -0.481 e. The van der Waals surface area contributed by atoms with Crippen LogP contribution in [0, 0.1) is 20.8 Å². The van der Waals surface area contributed by atoms with Crippen molar-refractivity contribution in [3.05, 3.63) is 17.0 Å². The first-order valence-corrected chi connectivity index (χ1v) is 5.89. The van der Waals surface area contributed by atoms with Gasteiger partial charge in [-0.2, -0.15) is 5.10 Å². The quantitative estimate of drug-likeness (QED) is 0.635. The largest absolute Gasteiger partial charge is 0.481 e. The Kier molecular flexibility index (Phi) is 3.39. The summed E-state index contributed by atoms with van der Waals surface area (Å²) >= 11 is 0. The first-order chi connectivity index (χ1) is 8.99. The molecule has 0 aliphatic rings. The molecular weight excluding hydrogens is 244 g/mol. The first-order valence-electron chi connectivity index (χ1n) is 5.89. The van der Waals surface area contributed by atoms with Gasteiger partial charge in [0.25, 0.3) is 0 Å². The maximum Gasteiger partial charge on any atom is 0.222 e. The number of nitrogens with two attached hydrogens (primary N) is 1. The summed E-state index contributed by atoms with van der Waals surface area (Å²) in [7, 11) is 3.42. The third kappa shape index (κ3) is 2.12. The molecule has 0 bridgehead atoms. The maximum atomic E-state index is 5.49. The molecule has 0 aromatic carbocycles. The summed E-state index contributed by atoms with van der Waals surface area (Å²) in [6.07, 6.45) is 0. The van der Waals surface area contributed by atoms with Crippen LogP contribution in [0.2, 0.25) is 0 Å². The third-order valence-electron chi connectivity index (χ3n) is 3.11. The van der Waals surface area contributed by atoms with Gasteiger partial charge in [0, 0.05) is 18.3 Å². The van der Waals surface area contributed by atoms with Crippen molar-refractivity contribution in [2.45, 2.75) is 20.8 Å². The van der Waals surface area contributed by atoms with Gasteiger partial charge in [-0.25, -0.2) is 20.5 Å². The van der Waals surface area contributed by atoms with Crippen LogP contribution in [0.25, 0.3) is 11.4 Å². The monoisotopic (exact) mass is 262 g/mol. The van der Waals surface area contributed by atoms with Crippen molar-refractivity contribution >= 4 is 5.82 Å². The lowest BCUT2D eigenvalue weighted by Gasteiger charge is -2.10. The van der Waals surface area contributed by atoms with Crippen molar-refractivity contribution in [3.8, 4) is 17.3 Å². The number of aryl methyl sites for hydroxylation is 3. The van der Waals surface area contributed by atoms with Crippen LogP contribution in [0.5, 0.6) is 5.88 Å². The van der Waals surface area contributed by atoms with Gasteiger partial charge in [0.2, 0.25) is 5.88 Å². The molecule has 2 aromatic rings. The van der Waals surface area contributed by atoms with E-state index in [1.54, 1.807) is 11.8 Å². The molecule has 2 aromatic heterocycles. The van der Waals surface area contributed by atoms with Crippen LogP contribution in [0.3, 0.4) is 0 Å². The molecule has 102 valence electrons. The van der Waals surface area contributed by atoms with Crippen molar-refractivity contribution in [2.75, 3.05) is 12.5 Å². The minimum atomic E-state index is 0.554. The van der Waals surface area contributed by atoms with Crippen LogP contribution >= 0.6 is 0 Å². The van der Waals surface area contributed by atoms with E-state index in [4.69, 9.17) is 10.6 Å². The molecule has 19 heavy (non-hydrogen) atoms. The lowest BCUT2D eigenvalue weighted by molar-refractivity contribution is 0.374. The number of nitrogens with one attached hydrogen (secondary N) is 1. The van der Waals surface area contributed by atoms with Crippen LogP contribution in [0.1, 0.15) is 17.0 Å². The second-order valence-corrected chi connectivity index (χ2v) is 4.34. The van der Waals surface area contributed by atoms with Crippen molar-refractivity contribution in [3.63, 3.8) is 0 Å². The molecule has 0 amide bonds. The smallest absolute Gasteiger partial charge is 0.222 e. The fourth-order valence-electron chi connectivity index (χ4n) is 2.01. The molecule has 3 N–H and O–H groups in total. The summed E-state index contributed by atoms with van der Waals surface area (Å²) in [5.41, 5.74) is 5.97. The number of aromatic nitrogens is 4. The SMILES string of the molecule is COc1c(-c2nc(C)c(C)c(NN)n2)c(C)nn1C. The standard InChI is InChI=1S/C12H18N6O/c1-6-7(2)14-11(15-10(6)16-13)9-8(3)17-18(4)12(9)19-5/h13H2,1-5H3,(H,14,15,16). The molecular formula is C12H18N6O. The third-order valence-corrected chi connectivity index (χ3v) is 3.11. The van der Waals surface area contributed by atoms with E-state index in [1.165, 1.54) is 0 Å². The van der Waals surface area contributed by atoms with Crippen molar-refractivity contribution < 1.29 is 4.74 Å². The van der Waals surface area contributed by atoms with Crippen LogP contribution in [0.15, 0.2) is 0 Å². The molecule has 0 spiro atoms. The van der Waals surface area contributed by atoms with Gasteiger partial charge in [-0.05, 0) is 20.8 Å². The normalized spacial score (nSPS) is 10.6. The molecule has 2 rings (SSSR count). The minimum absolute atomic E-state index is 0.554. The molecule has 7 nitrogen and oxygen atoms in total. The Bertz CT molecular complexity index is 619. The second-order valence-electron chi connectivity index (χ2n) is 4.34. The van der Waals surface area contributed by atoms with Gasteiger partial charge in [0.05, 0.1) is 12.8 Å². The Hall–Kier alpha value is -2.15. The summed E-state index contributed by atoms with van der Waals surface area (Å²) in [5, 5.41) is 4.33. The highest BCUT2D eigenvalue weighted by molar-refractivity contribution is 5.67. The molecule has 0 radical (unpaired) electrons. The number of nitrogens with zero attached hydrogens (tertiary/aromatic N) is 4. The number of hydrazine groups is 1. The summed E-state index contributed by atoms with van der Waals surface area (Å²) in [6.45, 7) is 5.73. The van der Waals surface area contributed by atoms with Crippen LogP contribution in [0.4, 0.5) is 5.82 Å². The molecule has 2 heterocycles. The molecule has 0 fully saturated rings. The van der Waals surface area contributed by atoms with Crippen LogP contribution in [-0.2, 0) is 7.05 Å². The summed E-state index contributed by atoms with van der Waals surface area (Å²) in [5.74, 6) is 7.28. The van der Waals surface area contributed by atoms with E-state index in [2.05, 4.69) is 20.5 Å². The zero-order valence-corrected chi connectivity index (χ0v) is 11.8. The molecule has 0 saturated carbocycles. The van der Waals surface area contributed by atoms with Gasteiger partial charge < -0.3 is 10.2 Å². The fourth-order valence-corrected chi connectivity index (χ4v) is 2.01. The van der Waals surface area contributed by atoms with Gasteiger partial charge in [-0.3, -0.25) is 0 Å². The molecule has 0 aliphatic carbocycles.